The predicted octanol–water partition coefficient (Wildman–Crippen LogP) is 4.73. The summed E-state index contributed by atoms with van der Waals surface area (Å²) in [5.41, 5.74) is 2.20. The molecule has 0 spiro atoms. The summed E-state index contributed by atoms with van der Waals surface area (Å²) in [6, 6.07) is 10.0. The molecule has 0 radical (unpaired) electrons. The van der Waals surface area contributed by atoms with Crippen LogP contribution < -0.4 is 0 Å². The molecule has 0 unspecified atom stereocenters. The van der Waals surface area contributed by atoms with Gasteiger partial charge in [-0.05, 0) is 23.6 Å². The zero-order valence-electron chi connectivity index (χ0n) is 17.3. The zero-order valence-corrected chi connectivity index (χ0v) is 18.0. The molecule has 0 saturated carbocycles. The van der Waals surface area contributed by atoms with E-state index in [-0.39, 0.29) is 16.8 Å². The van der Waals surface area contributed by atoms with Crippen LogP contribution in [0.3, 0.4) is 0 Å². The van der Waals surface area contributed by atoms with Crippen LogP contribution in [0.2, 0.25) is 0 Å². The lowest BCUT2D eigenvalue weighted by Gasteiger charge is -2.14. The quantitative estimate of drug-likeness (QED) is 0.262. The van der Waals surface area contributed by atoms with E-state index in [1.165, 1.54) is 0 Å². The Hall–Kier alpha value is -2.93. The van der Waals surface area contributed by atoms with Gasteiger partial charge in [-0.1, -0.05) is 51.1 Å². The van der Waals surface area contributed by atoms with Crippen molar-refractivity contribution in [1.82, 2.24) is 24.6 Å². The fourth-order valence-electron chi connectivity index (χ4n) is 2.62. The number of aromatic nitrogens is 4. The standard InChI is InChI=1S/C19H21ClN6O.C2H6/c1-3-9-25(2)19(20)24-18-16(13-27)22-17(23-18)15-10-21-26(12-15)11-14-7-5-4-6-8-14;1-2/h4-8,10,12-13H,3,9,11H2,1-2H3,(H,22,23);1-2H3/b24-19-;. The van der Waals surface area contributed by atoms with Crippen molar-refractivity contribution in [3.05, 3.63) is 54.0 Å². The molecule has 0 saturated heterocycles. The second kappa shape index (κ2) is 11.2. The van der Waals surface area contributed by atoms with Crippen molar-refractivity contribution in [2.45, 2.75) is 33.7 Å². The Labute approximate surface area is 176 Å². The summed E-state index contributed by atoms with van der Waals surface area (Å²) in [6.45, 7) is 7.47. The molecule has 1 aromatic carbocycles. The predicted molar refractivity (Wildman–Crippen MR) is 118 cm³/mol. The van der Waals surface area contributed by atoms with Gasteiger partial charge in [0.2, 0.25) is 0 Å². The fourth-order valence-corrected chi connectivity index (χ4v) is 2.79. The molecule has 7 nitrogen and oxygen atoms in total. The monoisotopic (exact) mass is 414 g/mol. The Bertz CT molecular complexity index is 932. The Kier molecular flexibility index (Phi) is 8.61. The minimum absolute atomic E-state index is 0.267. The van der Waals surface area contributed by atoms with E-state index in [1.54, 1.807) is 6.20 Å². The highest BCUT2D eigenvalue weighted by molar-refractivity contribution is 6.64. The van der Waals surface area contributed by atoms with Gasteiger partial charge in [0.1, 0.15) is 11.5 Å². The van der Waals surface area contributed by atoms with E-state index in [2.05, 4.69) is 27.0 Å². The summed E-state index contributed by atoms with van der Waals surface area (Å²) in [7, 11) is 1.84. The number of imidazole rings is 1. The molecule has 154 valence electrons. The van der Waals surface area contributed by atoms with Crippen LogP contribution in [0.15, 0.2) is 47.7 Å². The van der Waals surface area contributed by atoms with Gasteiger partial charge in [0, 0.05) is 19.8 Å². The number of nitrogens with zero attached hydrogens (tertiary/aromatic N) is 5. The highest BCUT2D eigenvalue weighted by Gasteiger charge is 2.14. The number of hydrogen-bond acceptors (Lipinski definition) is 4. The SMILES string of the molecule is CC.CCCN(C)/C(Cl)=N\c1nc(-c2cnn(Cc3ccccc3)c2)[nH]c1C=O. The number of aliphatic imine (C=N–C) groups is 1. The number of carbonyl (C=O) groups is 1. The van der Waals surface area contributed by atoms with E-state index in [4.69, 9.17) is 11.6 Å². The van der Waals surface area contributed by atoms with Crippen molar-refractivity contribution in [2.24, 2.45) is 4.99 Å². The molecule has 8 heteroatoms. The van der Waals surface area contributed by atoms with Gasteiger partial charge < -0.3 is 9.88 Å². The normalized spacial score (nSPS) is 11.0. The molecule has 0 amide bonds. The third-order valence-electron chi connectivity index (χ3n) is 4.00. The van der Waals surface area contributed by atoms with E-state index in [1.807, 2.05) is 67.0 Å². The van der Waals surface area contributed by atoms with Crippen LogP contribution >= 0.6 is 11.6 Å². The molecule has 0 atom stereocenters. The minimum atomic E-state index is 0.267. The molecular weight excluding hydrogens is 388 g/mol. The molecule has 2 aromatic heterocycles. The molecule has 0 bridgehead atoms. The van der Waals surface area contributed by atoms with Gasteiger partial charge in [-0.25, -0.2) is 4.98 Å². The number of carbonyl (C=O) groups excluding carboxylic acids is 1. The zero-order chi connectivity index (χ0) is 21.2. The highest BCUT2D eigenvalue weighted by atomic mass is 35.5. The summed E-state index contributed by atoms with van der Waals surface area (Å²) in [5.74, 6) is 0.793. The molecule has 0 aliphatic rings. The number of aromatic amines is 1. The van der Waals surface area contributed by atoms with Crippen LogP contribution in [-0.4, -0.2) is 49.8 Å². The Morgan fingerprint density at radius 3 is 2.69 bits per heavy atom. The summed E-state index contributed by atoms with van der Waals surface area (Å²) >= 11 is 6.21. The van der Waals surface area contributed by atoms with E-state index in [0.29, 0.717) is 18.7 Å². The average molecular weight is 415 g/mol. The number of benzene rings is 1. The number of H-pyrrole nitrogens is 1. The molecule has 3 rings (SSSR count). The first kappa shape index (κ1) is 22.4. The number of halogens is 1. The third-order valence-corrected chi connectivity index (χ3v) is 4.37. The minimum Gasteiger partial charge on any atom is -0.350 e. The van der Waals surface area contributed by atoms with Crippen LogP contribution in [0.1, 0.15) is 43.2 Å². The van der Waals surface area contributed by atoms with Crippen LogP contribution in [0, 0.1) is 0 Å². The van der Waals surface area contributed by atoms with Crippen LogP contribution in [0.5, 0.6) is 0 Å². The van der Waals surface area contributed by atoms with Gasteiger partial charge >= 0.3 is 0 Å². The first-order valence-electron chi connectivity index (χ1n) is 9.68. The molecule has 2 heterocycles. The number of aldehydes is 1. The van der Waals surface area contributed by atoms with Crippen molar-refractivity contribution in [3.8, 4) is 11.4 Å². The maximum Gasteiger partial charge on any atom is 0.200 e. The molecule has 1 N–H and O–H groups in total. The van der Waals surface area contributed by atoms with E-state index in [9.17, 15) is 4.79 Å². The molecule has 29 heavy (non-hydrogen) atoms. The van der Waals surface area contributed by atoms with Gasteiger partial charge in [-0.2, -0.15) is 10.1 Å². The van der Waals surface area contributed by atoms with Crippen LogP contribution in [0.25, 0.3) is 11.4 Å². The second-order valence-corrected chi connectivity index (χ2v) is 6.49. The van der Waals surface area contributed by atoms with Gasteiger partial charge in [-0.15, -0.1) is 0 Å². The van der Waals surface area contributed by atoms with Crippen LogP contribution in [0.4, 0.5) is 5.82 Å². The van der Waals surface area contributed by atoms with Crippen molar-refractivity contribution in [2.75, 3.05) is 13.6 Å². The first-order valence-corrected chi connectivity index (χ1v) is 10.1. The number of nitrogens with one attached hydrogen (secondary N) is 1. The van der Waals surface area contributed by atoms with E-state index >= 15 is 0 Å². The molecular formula is C21H27ClN6O. The molecule has 3 aromatic rings. The van der Waals surface area contributed by atoms with Gasteiger partial charge in [0.15, 0.2) is 17.4 Å². The molecule has 0 aliphatic carbocycles. The molecule has 0 aliphatic heterocycles. The largest absolute Gasteiger partial charge is 0.350 e. The molecule has 0 fully saturated rings. The number of hydrogen-bond donors (Lipinski definition) is 1. The smallest absolute Gasteiger partial charge is 0.200 e. The second-order valence-electron chi connectivity index (χ2n) is 6.16. The van der Waals surface area contributed by atoms with Gasteiger partial charge in [0.25, 0.3) is 0 Å². The van der Waals surface area contributed by atoms with Crippen molar-refractivity contribution >= 4 is 29.0 Å². The fraction of sp³-hybridized carbons (Fsp3) is 0.333. The number of rotatable bonds is 7. The topological polar surface area (TPSA) is 79.2 Å². The van der Waals surface area contributed by atoms with E-state index in [0.717, 1.165) is 24.1 Å². The lowest BCUT2D eigenvalue weighted by Crippen LogP contribution is -2.22. The van der Waals surface area contributed by atoms with Crippen LogP contribution in [-0.2, 0) is 6.54 Å². The highest BCUT2D eigenvalue weighted by Crippen LogP contribution is 2.23. The first-order chi connectivity index (χ1) is 14.1. The summed E-state index contributed by atoms with van der Waals surface area (Å²) < 4.78 is 1.82. The Morgan fingerprint density at radius 1 is 1.31 bits per heavy atom. The average Bonchev–Trinajstić information content (AvgIpc) is 3.37. The number of amidine groups is 1. The summed E-state index contributed by atoms with van der Waals surface area (Å²) in [5, 5.41) is 4.65. The summed E-state index contributed by atoms with van der Waals surface area (Å²) in [6.07, 6.45) is 5.20. The third kappa shape index (κ3) is 6.02. The Morgan fingerprint density at radius 2 is 2.03 bits per heavy atom. The van der Waals surface area contributed by atoms with E-state index < -0.39 is 0 Å². The summed E-state index contributed by atoms with van der Waals surface area (Å²) in [4.78, 5) is 24.9. The lowest BCUT2D eigenvalue weighted by atomic mass is 10.2. The maximum atomic E-state index is 11.4. The van der Waals surface area contributed by atoms with Crippen molar-refractivity contribution < 1.29 is 4.79 Å². The Balaban J connectivity index is 0.00000145. The van der Waals surface area contributed by atoms with Crippen molar-refractivity contribution in [3.63, 3.8) is 0 Å². The van der Waals surface area contributed by atoms with Crippen molar-refractivity contribution in [1.29, 1.82) is 0 Å². The lowest BCUT2D eigenvalue weighted by molar-refractivity contribution is 0.112. The van der Waals surface area contributed by atoms with Gasteiger partial charge in [-0.3, -0.25) is 9.48 Å². The maximum absolute atomic E-state index is 11.4. The van der Waals surface area contributed by atoms with Gasteiger partial charge in [0.05, 0.1) is 18.3 Å².